The molecule has 1 N–H and O–H groups in total. The normalized spacial score (nSPS) is 14.1. The van der Waals surface area contributed by atoms with Crippen LogP contribution in [-0.4, -0.2) is 46.5 Å². The van der Waals surface area contributed by atoms with Gasteiger partial charge in [0.25, 0.3) is 5.91 Å². The zero-order valence-corrected chi connectivity index (χ0v) is 16.8. The summed E-state index contributed by atoms with van der Waals surface area (Å²) in [6, 6.07) is 11.6. The Morgan fingerprint density at radius 3 is 2.32 bits per heavy atom. The minimum Gasteiger partial charge on any atom is -0.497 e. The zero-order chi connectivity index (χ0) is 20.1. The summed E-state index contributed by atoms with van der Waals surface area (Å²) in [5.74, 6) is 0.677. The fourth-order valence-corrected chi connectivity index (χ4v) is 4.32. The highest BCUT2D eigenvalue weighted by Gasteiger charge is 2.21. The summed E-state index contributed by atoms with van der Waals surface area (Å²) in [7, 11) is -0.921. The van der Waals surface area contributed by atoms with Gasteiger partial charge >= 0.3 is 0 Å². The Labute approximate surface area is 165 Å². The summed E-state index contributed by atoms with van der Waals surface area (Å²) in [6.07, 6.45) is 2.08. The van der Waals surface area contributed by atoms with E-state index < -0.39 is 10.0 Å². The molecule has 1 heterocycles. The highest BCUT2D eigenvalue weighted by atomic mass is 32.2. The van der Waals surface area contributed by atoms with E-state index in [4.69, 9.17) is 9.47 Å². The molecule has 0 atom stereocenters. The quantitative estimate of drug-likeness (QED) is 0.766. The lowest BCUT2D eigenvalue weighted by atomic mass is 10.1. The number of hydrogen-bond acceptors (Lipinski definition) is 5. The third kappa shape index (κ3) is 4.45. The fraction of sp³-hybridized carbons (Fsp3) is 0.350. The molecule has 0 aliphatic carbocycles. The first-order valence-corrected chi connectivity index (χ1v) is 10.5. The van der Waals surface area contributed by atoms with Gasteiger partial charge in [-0.15, -0.1) is 0 Å². The number of rotatable bonds is 7. The Balaban J connectivity index is 1.70. The molecular formula is C20H24N2O5S. The van der Waals surface area contributed by atoms with E-state index >= 15 is 0 Å². The zero-order valence-electron chi connectivity index (χ0n) is 16.0. The van der Waals surface area contributed by atoms with Gasteiger partial charge in [0.2, 0.25) is 10.0 Å². The van der Waals surface area contributed by atoms with E-state index in [0.717, 1.165) is 31.5 Å². The molecule has 8 heteroatoms. The molecule has 0 radical (unpaired) electrons. The largest absolute Gasteiger partial charge is 0.497 e. The third-order valence-electron chi connectivity index (χ3n) is 4.72. The number of hydrogen-bond donors (Lipinski definition) is 1. The van der Waals surface area contributed by atoms with Crippen LogP contribution in [0.5, 0.6) is 11.5 Å². The molecule has 0 spiro atoms. The average Bonchev–Trinajstić information content (AvgIpc) is 3.26. The minimum absolute atomic E-state index is 0.00943. The van der Waals surface area contributed by atoms with Crippen LogP contribution in [0.3, 0.4) is 0 Å². The van der Waals surface area contributed by atoms with Crippen molar-refractivity contribution in [2.24, 2.45) is 0 Å². The summed E-state index contributed by atoms with van der Waals surface area (Å²) in [6.45, 7) is 1.69. The van der Waals surface area contributed by atoms with Gasteiger partial charge in [0.1, 0.15) is 16.4 Å². The van der Waals surface area contributed by atoms with Crippen molar-refractivity contribution in [2.45, 2.75) is 24.3 Å². The molecule has 0 bridgehead atoms. The number of ether oxygens (including phenoxy) is 2. The summed E-state index contributed by atoms with van der Waals surface area (Å²) < 4.78 is 38.2. The van der Waals surface area contributed by atoms with Crippen LogP contribution >= 0.6 is 0 Å². The molecule has 0 saturated carbocycles. The van der Waals surface area contributed by atoms with Crippen LogP contribution in [0, 0.1) is 0 Å². The van der Waals surface area contributed by atoms with Crippen LogP contribution in [0.15, 0.2) is 47.4 Å². The third-order valence-corrected chi connectivity index (χ3v) is 6.14. The van der Waals surface area contributed by atoms with Crippen LogP contribution in [0.4, 0.5) is 0 Å². The summed E-state index contributed by atoms with van der Waals surface area (Å²) in [5.41, 5.74) is 1.37. The van der Waals surface area contributed by atoms with Gasteiger partial charge in [-0.2, -0.15) is 0 Å². The van der Waals surface area contributed by atoms with Crippen molar-refractivity contribution in [3.05, 3.63) is 53.6 Å². The van der Waals surface area contributed by atoms with E-state index in [0.29, 0.717) is 11.3 Å². The number of benzene rings is 2. The van der Waals surface area contributed by atoms with Crippen LogP contribution in [-0.2, 0) is 16.6 Å². The Hall–Kier alpha value is -2.58. The van der Waals surface area contributed by atoms with Crippen molar-refractivity contribution >= 4 is 15.9 Å². The number of nitrogens with one attached hydrogen (secondary N) is 1. The van der Waals surface area contributed by atoms with E-state index in [1.54, 1.807) is 36.4 Å². The fourth-order valence-electron chi connectivity index (χ4n) is 3.12. The van der Waals surface area contributed by atoms with Gasteiger partial charge in [-0.1, -0.05) is 12.1 Å². The van der Waals surface area contributed by atoms with Gasteiger partial charge in [0, 0.05) is 31.3 Å². The van der Waals surface area contributed by atoms with E-state index in [1.807, 2.05) is 4.90 Å². The predicted molar refractivity (Wildman–Crippen MR) is 105 cm³/mol. The second kappa shape index (κ2) is 8.62. The first-order valence-electron chi connectivity index (χ1n) is 9.04. The maximum absolute atomic E-state index is 12.7. The number of nitrogens with zero attached hydrogens (tertiary/aromatic N) is 1. The Bertz CT molecular complexity index is 936. The monoisotopic (exact) mass is 404 g/mol. The van der Waals surface area contributed by atoms with Gasteiger partial charge in [-0.3, -0.25) is 4.79 Å². The summed E-state index contributed by atoms with van der Waals surface area (Å²) in [4.78, 5) is 14.2. The van der Waals surface area contributed by atoms with Crippen molar-refractivity contribution in [3.8, 4) is 11.5 Å². The van der Waals surface area contributed by atoms with E-state index in [-0.39, 0.29) is 23.1 Å². The lowest BCUT2D eigenvalue weighted by Crippen LogP contribution is -2.27. The molecule has 2 aromatic rings. The molecule has 3 rings (SSSR count). The molecule has 0 unspecified atom stereocenters. The van der Waals surface area contributed by atoms with Gasteiger partial charge in [0.05, 0.1) is 14.2 Å². The smallest absolute Gasteiger partial charge is 0.253 e. The maximum atomic E-state index is 12.7. The molecule has 2 aromatic carbocycles. The van der Waals surface area contributed by atoms with Crippen LogP contribution in [0.2, 0.25) is 0 Å². The van der Waals surface area contributed by atoms with Gasteiger partial charge in [-0.25, -0.2) is 13.1 Å². The summed E-state index contributed by atoms with van der Waals surface area (Å²) in [5, 5.41) is 0. The van der Waals surface area contributed by atoms with Crippen molar-refractivity contribution in [1.82, 2.24) is 9.62 Å². The predicted octanol–water partition coefficient (Wildman–Crippen LogP) is 2.42. The van der Waals surface area contributed by atoms with Crippen LogP contribution in [0.1, 0.15) is 28.8 Å². The number of methoxy groups -OCH3 is 2. The molecule has 7 nitrogen and oxygen atoms in total. The van der Waals surface area contributed by atoms with Gasteiger partial charge in [-0.05, 0) is 42.7 Å². The standard InChI is InChI=1S/C20H24N2O5S/c1-26-17-9-10-18(27-2)19(13-17)28(24,25)21-14-15-5-7-16(8-6-15)20(23)22-11-3-4-12-22/h5-10,13,21H,3-4,11-12,14H2,1-2H3. The van der Waals surface area contributed by atoms with E-state index in [1.165, 1.54) is 20.3 Å². The Kier molecular flexibility index (Phi) is 6.21. The lowest BCUT2D eigenvalue weighted by Gasteiger charge is -2.15. The Morgan fingerprint density at radius 1 is 1.04 bits per heavy atom. The first-order chi connectivity index (χ1) is 13.4. The van der Waals surface area contributed by atoms with Gasteiger partial charge in [0.15, 0.2) is 0 Å². The molecule has 1 saturated heterocycles. The summed E-state index contributed by atoms with van der Waals surface area (Å²) >= 11 is 0. The molecule has 150 valence electrons. The highest BCUT2D eigenvalue weighted by Crippen LogP contribution is 2.28. The lowest BCUT2D eigenvalue weighted by molar-refractivity contribution is 0.0793. The first kappa shape index (κ1) is 20.2. The highest BCUT2D eigenvalue weighted by molar-refractivity contribution is 7.89. The molecule has 1 aliphatic heterocycles. The topological polar surface area (TPSA) is 84.9 Å². The van der Waals surface area contributed by atoms with Gasteiger partial charge < -0.3 is 14.4 Å². The molecule has 0 aromatic heterocycles. The van der Waals surface area contributed by atoms with E-state index in [2.05, 4.69) is 4.72 Å². The molecule has 1 fully saturated rings. The number of carbonyl (C=O) groups is 1. The number of likely N-dealkylation sites (tertiary alicyclic amines) is 1. The van der Waals surface area contributed by atoms with Crippen LogP contribution < -0.4 is 14.2 Å². The maximum Gasteiger partial charge on any atom is 0.253 e. The second-order valence-corrected chi connectivity index (χ2v) is 8.27. The number of sulfonamides is 1. The van der Waals surface area contributed by atoms with Crippen LogP contribution in [0.25, 0.3) is 0 Å². The van der Waals surface area contributed by atoms with Crippen molar-refractivity contribution in [2.75, 3.05) is 27.3 Å². The average molecular weight is 404 g/mol. The van der Waals surface area contributed by atoms with Crippen molar-refractivity contribution in [1.29, 1.82) is 0 Å². The van der Waals surface area contributed by atoms with Crippen molar-refractivity contribution in [3.63, 3.8) is 0 Å². The molecule has 1 amide bonds. The molecular weight excluding hydrogens is 380 g/mol. The minimum atomic E-state index is -3.80. The number of carbonyl (C=O) groups excluding carboxylic acids is 1. The molecule has 1 aliphatic rings. The van der Waals surface area contributed by atoms with Crippen molar-refractivity contribution < 1.29 is 22.7 Å². The molecule has 28 heavy (non-hydrogen) atoms. The Morgan fingerprint density at radius 2 is 1.71 bits per heavy atom. The SMILES string of the molecule is COc1ccc(OC)c(S(=O)(=O)NCc2ccc(C(=O)N3CCCC3)cc2)c1. The van der Waals surface area contributed by atoms with E-state index in [9.17, 15) is 13.2 Å². The second-order valence-electron chi connectivity index (χ2n) is 6.54. The number of amides is 1.